The van der Waals surface area contributed by atoms with E-state index in [1.165, 1.54) is 6.20 Å². The molecule has 1 aromatic heterocycles. The summed E-state index contributed by atoms with van der Waals surface area (Å²) in [4.78, 5) is 2.92. The fourth-order valence-electron chi connectivity index (χ4n) is 1.26. The van der Waals surface area contributed by atoms with Crippen molar-refractivity contribution in [3.05, 3.63) is 40.9 Å². The number of fused-ring (bicyclic) bond motifs is 1. The fraction of sp³-hybridized carbons (Fsp3) is 0. The van der Waals surface area contributed by atoms with Gasteiger partial charge in [0.1, 0.15) is 0 Å². The molecule has 6 heteroatoms. The summed E-state index contributed by atoms with van der Waals surface area (Å²) < 4.78 is 0. The third kappa shape index (κ3) is 1.75. The van der Waals surface area contributed by atoms with Gasteiger partial charge in [0.05, 0.1) is 17.1 Å². The molecule has 0 amide bonds. The van der Waals surface area contributed by atoms with Crippen molar-refractivity contribution in [1.82, 2.24) is 4.98 Å². The molecular formula is C8H6N3NaO2. The number of H-pyrrole nitrogens is 1. The van der Waals surface area contributed by atoms with Crippen LogP contribution in [0.5, 0.6) is 0 Å². The minimum absolute atomic E-state index is 0. The Morgan fingerprint density at radius 1 is 1.29 bits per heavy atom. The Morgan fingerprint density at radius 3 is 2.71 bits per heavy atom. The minimum Gasteiger partial charge on any atom is -0.739 e. The first-order valence-corrected chi connectivity index (χ1v) is 3.69. The molecule has 2 rings (SSSR count). The Kier molecular flexibility index (Phi) is 3.51. The molecule has 0 radical (unpaired) electrons. The molecule has 0 unspecified atom stereocenters. The van der Waals surface area contributed by atoms with E-state index in [1.54, 1.807) is 12.1 Å². The molecule has 0 aliphatic rings. The van der Waals surface area contributed by atoms with Gasteiger partial charge in [-0.05, 0) is 17.4 Å². The smallest absolute Gasteiger partial charge is 0.739 e. The van der Waals surface area contributed by atoms with E-state index in [-0.39, 0.29) is 40.1 Å². The second kappa shape index (κ2) is 4.45. The Bertz CT molecular complexity index is 466. The van der Waals surface area contributed by atoms with E-state index in [9.17, 15) is 10.4 Å². The summed E-state index contributed by atoms with van der Waals surface area (Å²) in [7, 11) is 0. The largest absolute Gasteiger partial charge is 1.00 e. The molecule has 0 aliphatic heterocycles. The summed E-state index contributed by atoms with van der Waals surface area (Å²) in [6.07, 6.45) is 1.46. The first-order valence-electron chi connectivity index (χ1n) is 3.69. The average molecular weight is 199 g/mol. The number of nitrogens with zero attached hydrogens (tertiary/aromatic N) is 2. The molecule has 0 saturated heterocycles. The van der Waals surface area contributed by atoms with E-state index < -0.39 is 0 Å². The second-order valence-electron chi connectivity index (χ2n) is 2.57. The average Bonchev–Trinajstić information content (AvgIpc) is 2.60. The van der Waals surface area contributed by atoms with Crippen LogP contribution in [0.4, 0.5) is 5.69 Å². The summed E-state index contributed by atoms with van der Waals surface area (Å²) in [6, 6.07) is 7.19. The summed E-state index contributed by atoms with van der Waals surface area (Å²) in [5.41, 5.74) is 1.05. The molecule has 1 N–H and O–H groups in total. The van der Waals surface area contributed by atoms with Crippen molar-refractivity contribution in [1.29, 1.82) is 0 Å². The van der Waals surface area contributed by atoms with Crippen LogP contribution in [0.2, 0.25) is 0 Å². The van der Waals surface area contributed by atoms with Gasteiger partial charge in [-0.3, -0.25) is 0 Å². The Morgan fingerprint density at radius 2 is 2.00 bits per heavy atom. The van der Waals surface area contributed by atoms with Crippen LogP contribution in [0.25, 0.3) is 10.9 Å². The fourth-order valence-corrected chi connectivity index (χ4v) is 1.26. The minimum atomic E-state index is 0. The van der Waals surface area contributed by atoms with Crippen LogP contribution in [0, 0.1) is 10.4 Å². The molecule has 0 saturated carbocycles. The van der Waals surface area contributed by atoms with Gasteiger partial charge in [0.2, 0.25) is 0 Å². The van der Waals surface area contributed by atoms with Crippen LogP contribution in [-0.2, 0) is 0 Å². The van der Waals surface area contributed by atoms with Gasteiger partial charge >= 0.3 is 29.6 Å². The molecule has 0 aliphatic carbocycles. The van der Waals surface area contributed by atoms with E-state index in [2.05, 4.69) is 10.3 Å². The van der Waals surface area contributed by atoms with Crippen molar-refractivity contribution in [3.8, 4) is 0 Å². The van der Waals surface area contributed by atoms with Crippen LogP contribution in [-0.4, -0.2) is 9.84 Å². The second-order valence-corrected chi connectivity index (χ2v) is 2.57. The zero-order valence-corrected chi connectivity index (χ0v) is 9.60. The van der Waals surface area contributed by atoms with Crippen LogP contribution >= 0.6 is 0 Å². The van der Waals surface area contributed by atoms with Gasteiger partial charge in [0, 0.05) is 0 Å². The molecule has 14 heavy (non-hydrogen) atoms. The summed E-state index contributed by atoms with van der Waals surface area (Å²) in [6.45, 7) is 0. The molecule has 0 fully saturated rings. The van der Waals surface area contributed by atoms with Gasteiger partial charge < -0.3 is 15.4 Å². The molecule has 2 aromatic rings. The number of nitrogens with one attached hydrogen (secondary N) is 1. The molecule has 5 nitrogen and oxygen atoms in total. The monoisotopic (exact) mass is 199 g/mol. The maximum atomic E-state index is 10.9. The normalized spacial score (nSPS) is 11.3. The SMILES string of the molecule is [Na+].[O-]/N=[N+](/[O-])c1c[nH]c2ccccc12. The molecule has 1 aromatic carbocycles. The topological polar surface area (TPSA) is 77.3 Å². The molecule has 0 atom stereocenters. The van der Waals surface area contributed by atoms with E-state index in [0.717, 1.165) is 5.52 Å². The van der Waals surface area contributed by atoms with Crippen LogP contribution in [0.3, 0.4) is 0 Å². The van der Waals surface area contributed by atoms with E-state index >= 15 is 0 Å². The van der Waals surface area contributed by atoms with Crippen molar-refractivity contribution in [2.75, 3.05) is 0 Å². The van der Waals surface area contributed by atoms with Crippen molar-refractivity contribution in [3.63, 3.8) is 0 Å². The number of rotatable bonds is 1. The summed E-state index contributed by atoms with van der Waals surface area (Å²) in [5.74, 6) is 0. The maximum Gasteiger partial charge on any atom is 1.00 e. The van der Waals surface area contributed by atoms with Gasteiger partial charge in [-0.15, -0.1) is 0 Å². The van der Waals surface area contributed by atoms with Crippen LogP contribution in [0.1, 0.15) is 0 Å². The van der Waals surface area contributed by atoms with Gasteiger partial charge in [-0.2, -0.15) is 0 Å². The predicted octanol–water partition coefficient (Wildman–Crippen LogP) is -0.736. The summed E-state index contributed by atoms with van der Waals surface area (Å²) in [5, 5.41) is 23.9. The molecule has 0 bridgehead atoms. The van der Waals surface area contributed by atoms with Gasteiger partial charge in [0.25, 0.3) is 5.69 Å². The zero-order chi connectivity index (χ0) is 9.26. The van der Waals surface area contributed by atoms with Crippen LogP contribution in [0.15, 0.2) is 35.7 Å². The molecule has 1 heterocycles. The number of hydrogen-bond donors (Lipinski definition) is 1. The number of para-hydroxylation sites is 1. The zero-order valence-electron chi connectivity index (χ0n) is 7.60. The number of benzene rings is 1. The van der Waals surface area contributed by atoms with Crippen molar-refractivity contribution in [2.24, 2.45) is 5.28 Å². The van der Waals surface area contributed by atoms with E-state index in [4.69, 9.17) is 0 Å². The third-order valence-corrected chi connectivity index (χ3v) is 1.85. The van der Waals surface area contributed by atoms with Gasteiger partial charge in [0.15, 0.2) is 0 Å². The van der Waals surface area contributed by atoms with Crippen molar-refractivity contribution < 1.29 is 34.4 Å². The summed E-state index contributed by atoms with van der Waals surface area (Å²) >= 11 is 0. The first kappa shape index (κ1) is 11.0. The Balaban J connectivity index is 0.000000980. The third-order valence-electron chi connectivity index (χ3n) is 1.85. The quantitative estimate of drug-likeness (QED) is 0.284. The van der Waals surface area contributed by atoms with E-state index in [0.29, 0.717) is 5.39 Å². The number of hydrogen-bond acceptors (Lipinski definition) is 3. The number of aromatic amines is 1. The van der Waals surface area contributed by atoms with Gasteiger partial charge in [-0.1, -0.05) is 17.0 Å². The first-order chi connectivity index (χ1) is 6.33. The van der Waals surface area contributed by atoms with Crippen molar-refractivity contribution >= 4 is 16.6 Å². The maximum absolute atomic E-state index is 10.9. The molecule has 66 valence electrons. The van der Waals surface area contributed by atoms with Crippen LogP contribution < -0.4 is 29.6 Å². The predicted molar refractivity (Wildman–Crippen MR) is 47.4 cm³/mol. The number of aromatic nitrogens is 1. The molecule has 0 spiro atoms. The standard InChI is InChI=1S/C8H7N3O2.Na/c12-10-11(13)8-5-9-7-4-2-1-3-6(7)8;/h1-5,9,12H;/q;+1/p-1/b11-10+;. The molecular weight excluding hydrogens is 193 g/mol. The van der Waals surface area contributed by atoms with Gasteiger partial charge in [-0.25, -0.2) is 0 Å². The Hall–Kier alpha value is -1.04. The Labute approximate surface area is 102 Å². The van der Waals surface area contributed by atoms with Crippen molar-refractivity contribution in [2.45, 2.75) is 0 Å². The van der Waals surface area contributed by atoms with E-state index in [1.807, 2.05) is 12.1 Å².